The predicted molar refractivity (Wildman–Crippen MR) is 80.4 cm³/mol. The normalized spacial score (nSPS) is 10.5. The van der Waals surface area contributed by atoms with Crippen LogP contribution in [0.2, 0.25) is 10.0 Å². The minimum Gasteiger partial charge on any atom is -0.294 e. The van der Waals surface area contributed by atoms with Crippen molar-refractivity contribution in [1.29, 1.82) is 0 Å². The van der Waals surface area contributed by atoms with E-state index in [-0.39, 0.29) is 12.2 Å². The summed E-state index contributed by atoms with van der Waals surface area (Å²) in [5.41, 5.74) is 3.46. The minimum absolute atomic E-state index is 0.0381. The van der Waals surface area contributed by atoms with E-state index in [2.05, 4.69) is 0 Å². The summed E-state index contributed by atoms with van der Waals surface area (Å²) in [7, 11) is 0. The smallest absolute Gasteiger partial charge is 0.167 e. The van der Waals surface area contributed by atoms with Gasteiger partial charge in [-0.2, -0.15) is 0 Å². The van der Waals surface area contributed by atoms with Crippen LogP contribution in [-0.4, -0.2) is 5.78 Å². The molecule has 2 aromatic carbocycles. The fourth-order valence-electron chi connectivity index (χ4n) is 1.99. The molecule has 0 saturated carbocycles. The Hall–Kier alpha value is -1.31. The van der Waals surface area contributed by atoms with Crippen LogP contribution in [0, 0.1) is 13.8 Å². The van der Waals surface area contributed by atoms with Gasteiger partial charge in [0.15, 0.2) is 5.78 Å². The van der Waals surface area contributed by atoms with Gasteiger partial charge in [0, 0.05) is 22.0 Å². The highest BCUT2D eigenvalue weighted by atomic mass is 35.5. The van der Waals surface area contributed by atoms with Gasteiger partial charge in [0.05, 0.1) is 0 Å². The lowest BCUT2D eigenvalue weighted by atomic mass is 9.97. The Morgan fingerprint density at radius 2 is 1.68 bits per heavy atom. The first-order valence-electron chi connectivity index (χ1n) is 6.02. The lowest BCUT2D eigenvalue weighted by Gasteiger charge is -2.09. The van der Waals surface area contributed by atoms with Crippen LogP contribution >= 0.6 is 23.2 Å². The first-order chi connectivity index (χ1) is 8.99. The van der Waals surface area contributed by atoms with Gasteiger partial charge in [0.1, 0.15) is 0 Å². The van der Waals surface area contributed by atoms with Crippen LogP contribution in [0.25, 0.3) is 0 Å². The molecule has 0 aliphatic heterocycles. The molecule has 19 heavy (non-hydrogen) atoms. The van der Waals surface area contributed by atoms with Crippen molar-refractivity contribution >= 4 is 29.0 Å². The van der Waals surface area contributed by atoms with Crippen LogP contribution in [0.4, 0.5) is 0 Å². The summed E-state index contributed by atoms with van der Waals surface area (Å²) in [6, 6.07) is 11.1. The van der Waals surface area contributed by atoms with Crippen LogP contribution < -0.4 is 0 Å². The molecule has 0 saturated heterocycles. The summed E-state index contributed by atoms with van der Waals surface area (Å²) in [5, 5.41) is 1.07. The van der Waals surface area contributed by atoms with Gasteiger partial charge in [0.2, 0.25) is 0 Å². The molecule has 0 heterocycles. The molecule has 98 valence electrons. The monoisotopic (exact) mass is 292 g/mol. The van der Waals surface area contributed by atoms with Crippen LogP contribution in [0.3, 0.4) is 0 Å². The molecular weight excluding hydrogens is 279 g/mol. The van der Waals surface area contributed by atoms with Crippen molar-refractivity contribution in [2.45, 2.75) is 20.3 Å². The fraction of sp³-hybridized carbons (Fsp3) is 0.188. The second kappa shape index (κ2) is 5.77. The molecule has 0 atom stereocenters. The molecule has 0 aliphatic rings. The summed E-state index contributed by atoms with van der Waals surface area (Å²) in [5.74, 6) is 0.0381. The van der Waals surface area contributed by atoms with Crippen molar-refractivity contribution in [1.82, 2.24) is 0 Å². The van der Waals surface area contributed by atoms with Gasteiger partial charge >= 0.3 is 0 Å². The first kappa shape index (κ1) is 14.1. The van der Waals surface area contributed by atoms with E-state index in [1.165, 1.54) is 0 Å². The van der Waals surface area contributed by atoms with Crippen LogP contribution in [0.5, 0.6) is 0 Å². The lowest BCUT2D eigenvalue weighted by molar-refractivity contribution is 0.0992. The number of benzene rings is 2. The van der Waals surface area contributed by atoms with Crippen LogP contribution in [0.1, 0.15) is 27.0 Å². The van der Waals surface area contributed by atoms with E-state index >= 15 is 0 Å². The maximum atomic E-state index is 12.4. The van der Waals surface area contributed by atoms with Gasteiger partial charge in [-0.3, -0.25) is 4.79 Å². The maximum absolute atomic E-state index is 12.4. The Bertz CT molecular complexity index is 612. The van der Waals surface area contributed by atoms with Crippen molar-refractivity contribution in [2.75, 3.05) is 0 Å². The lowest BCUT2D eigenvalue weighted by Crippen LogP contribution is -2.07. The number of rotatable bonds is 3. The standard InChI is InChI=1S/C16H14Cl2O/c1-10-6-7-11(2)12(8-10)16(19)9-13-14(17)4-3-5-15(13)18/h3-8H,9H2,1-2H3. The van der Waals surface area contributed by atoms with Crippen molar-refractivity contribution in [3.05, 3.63) is 68.7 Å². The third-order valence-corrected chi connectivity index (χ3v) is 3.80. The molecule has 0 unspecified atom stereocenters. The molecule has 0 bridgehead atoms. The summed E-state index contributed by atoms with van der Waals surface area (Å²) >= 11 is 12.2. The van der Waals surface area contributed by atoms with Gasteiger partial charge in [0.25, 0.3) is 0 Å². The fourth-order valence-corrected chi connectivity index (χ4v) is 2.52. The highest BCUT2D eigenvalue weighted by Gasteiger charge is 2.14. The number of carbonyl (C=O) groups excluding carboxylic acids is 1. The third-order valence-electron chi connectivity index (χ3n) is 3.09. The number of aryl methyl sites for hydroxylation is 2. The van der Waals surface area contributed by atoms with E-state index in [4.69, 9.17) is 23.2 Å². The summed E-state index contributed by atoms with van der Waals surface area (Å²) in [6.45, 7) is 3.90. The second-order valence-electron chi connectivity index (χ2n) is 4.62. The van der Waals surface area contributed by atoms with Gasteiger partial charge in [-0.25, -0.2) is 0 Å². The van der Waals surface area contributed by atoms with Crippen molar-refractivity contribution in [3.8, 4) is 0 Å². The SMILES string of the molecule is Cc1ccc(C)c(C(=O)Cc2c(Cl)cccc2Cl)c1. The molecule has 1 nitrogen and oxygen atoms in total. The van der Waals surface area contributed by atoms with Crippen LogP contribution in [0.15, 0.2) is 36.4 Å². The van der Waals surface area contributed by atoms with E-state index in [1.54, 1.807) is 18.2 Å². The number of Topliss-reactive ketones (excluding diaryl/α,β-unsaturated/α-hetero) is 1. The Labute approximate surface area is 123 Å². The van der Waals surface area contributed by atoms with Crippen molar-refractivity contribution in [3.63, 3.8) is 0 Å². The van der Waals surface area contributed by atoms with E-state index in [0.717, 1.165) is 16.7 Å². The first-order valence-corrected chi connectivity index (χ1v) is 6.78. The van der Waals surface area contributed by atoms with Crippen molar-refractivity contribution in [2.24, 2.45) is 0 Å². The Balaban J connectivity index is 2.34. The molecule has 0 radical (unpaired) electrons. The largest absolute Gasteiger partial charge is 0.294 e. The summed E-state index contributed by atoms with van der Waals surface area (Å²) in [6.07, 6.45) is 0.225. The maximum Gasteiger partial charge on any atom is 0.167 e. The molecule has 0 amide bonds. The Morgan fingerprint density at radius 3 is 2.32 bits per heavy atom. The van der Waals surface area contributed by atoms with Crippen molar-refractivity contribution < 1.29 is 4.79 Å². The predicted octanol–water partition coefficient (Wildman–Crippen LogP) is 5.04. The molecule has 2 rings (SSSR count). The number of carbonyl (C=O) groups is 1. The number of hydrogen-bond donors (Lipinski definition) is 0. The van der Waals surface area contributed by atoms with E-state index < -0.39 is 0 Å². The van der Waals surface area contributed by atoms with Gasteiger partial charge in [-0.15, -0.1) is 0 Å². The molecule has 0 fully saturated rings. The Kier molecular flexibility index (Phi) is 4.28. The zero-order chi connectivity index (χ0) is 14.0. The molecule has 0 spiro atoms. The third kappa shape index (κ3) is 3.17. The number of hydrogen-bond acceptors (Lipinski definition) is 1. The molecular formula is C16H14Cl2O. The van der Waals surface area contributed by atoms with Gasteiger partial charge in [-0.1, -0.05) is 47.0 Å². The van der Waals surface area contributed by atoms with Crippen LogP contribution in [-0.2, 0) is 6.42 Å². The topological polar surface area (TPSA) is 17.1 Å². The summed E-state index contributed by atoms with van der Waals surface area (Å²) in [4.78, 5) is 12.4. The number of halogens is 2. The van der Waals surface area contributed by atoms with E-state index in [1.807, 2.05) is 32.0 Å². The highest BCUT2D eigenvalue weighted by molar-refractivity contribution is 6.36. The minimum atomic E-state index is 0.0381. The average Bonchev–Trinajstić information content (AvgIpc) is 2.37. The van der Waals surface area contributed by atoms with E-state index in [9.17, 15) is 4.79 Å². The zero-order valence-electron chi connectivity index (χ0n) is 10.8. The molecule has 0 aromatic heterocycles. The highest BCUT2D eigenvalue weighted by Crippen LogP contribution is 2.26. The van der Waals surface area contributed by atoms with E-state index in [0.29, 0.717) is 15.6 Å². The molecule has 0 N–H and O–H groups in total. The van der Waals surface area contributed by atoms with Gasteiger partial charge in [-0.05, 0) is 43.2 Å². The zero-order valence-corrected chi connectivity index (χ0v) is 12.3. The molecule has 3 heteroatoms. The molecule has 0 aliphatic carbocycles. The summed E-state index contributed by atoms with van der Waals surface area (Å²) < 4.78 is 0. The quantitative estimate of drug-likeness (QED) is 0.725. The Morgan fingerprint density at radius 1 is 1.05 bits per heavy atom. The second-order valence-corrected chi connectivity index (χ2v) is 5.43. The molecule has 2 aromatic rings. The average molecular weight is 293 g/mol. The number of ketones is 1. The van der Waals surface area contributed by atoms with Gasteiger partial charge < -0.3 is 0 Å².